The lowest BCUT2D eigenvalue weighted by Crippen LogP contribution is -2.49. The van der Waals surface area contributed by atoms with Crippen molar-refractivity contribution in [3.8, 4) is 0 Å². The third-order valence-corrected chi connectivity index (χ3v) is 4.91. The van der Waals surface area contributed by atoms with E-state index in [0.717, 1.165) is 30.5 Å². The molecule has 0 saturated carbocycles. The number of carbonyl (C=O) groups is 1. The second kappa shape index (κ2) is 9.47. The van der Waals surface area contributed by atoms with Crippen LogP contribution in [0.15, 0.2) is 41.5 Å². The number of rotatable bonds is 4. The Hall–Kier alpha value is -3.28. The van der Waals surface area contributed by atoms with Crippen molar-refractivity contribution in [2.24, 2.45) is 10.8 Å². The highest BCUT2D eigenvalue weighted by molar-refractivity contribution is 7.80. The smallest absolute Gasteiger partial charge is 0.375 e. The van der Waals surface area contributed by atoms with Crippen LogP contribution in [0.25, 0.3) is 0 Å². The second-order valence-electron chi connectivity index (χ2n) is 6.88. The van der Waals surface area contributed by atoms with E-state index in [1.807, 2.05) is 0 Å². The first-order valence-electron chi connectivity index (χ1n) is 9.36. The number of nitrogens with zero attached hydrogens (tertiary/aromatic N) is 3. The number of thiocarbonyl (C=S) groups is 1. The number of hydrazone groups is 1. The van der Waals surface area contributed by atoms with E-state index >= 15 is 0 Å². The average Bonchev–Trinajstić information content (AvgIpc) is 2.74. The zero-order chi connectivity index (χ0) is 23.5. The summed E-state index contributed by atoms with van der Waals surface area (Å²) >= 11 is 4.55. The third kappa shape index (κ3) is 5.31. The highest BCUT2D eigenvalue weighted by Crippen LogP contribution is 2.32. The van der Waals surface area contributed by atoms with Crippen molar-refractivity contribution >= 4 is 35.1 Å². The molecule has 1 saturated heterocycles. The van der Waals surface area contributed by atoms with Crippen LogP contribution in [0.4, 0.5) is 27.6 Å². The summed E-state index contributed by atoms with van der Waals surface area (Å²) in [6, 6.07) is 6.49. The summed E-state index contributed by atoms with van der Waals surface area (Å²) in [7, 11) is 0. The van der Waals surface area contributed by atoms with Gasteiger partial charge >= 0.3 is 6.18 Å². The van der Waals surface area contributed by atoms with Crippen molar-refractivity contribution in [2.75, 3.05) is 31.1 Å². The summed E-state index contributed by atoms with van der Waals surface area (Å²) in [6.07, 6.45) is -3.64. The summed E-state index contributed by atoms with van der Waals surface area (Å²) in [6.45, 7) is 0.333. The van der Waals surface area contributed by atoms with E-state index in [-0.39, 0.29) is 42.5 Å². The summed E-state index contributed by atoms with van der Waals surface area (Å²) in [5.41, 5.74) is 5.81. The van der Waals surface area contributed by atoms with Gasteiger partial charge in [0.15, 0.2) is 5.11 Å². The van der Waals surface area contributed by atoms with Crippen LogP contribution in [-0.2, 0) is 6.18 Å². The largest absolute Gasteiger partial charge is 0.417 e. The molecule has 170 valence electrons. The Balaban J connectivity index is 1.71. The molecule has 1 amide bonds. The first-order chi connectivity index (χ1) is 15.1. The van der Waals surface area contributed by atoms with Gasteiger partial charge < -0.3 is 15.5 Å². The lowest BCUT2D eigenvalue weighted by Gasteiger charge is -2.36. The molecule has 12 heteroatoms. The monoisotopic (exact) mass is 471 g/mol. The maximum Gasteiger partial charge on any atom is 0.417 e. The van der Waals surface area contributed by atoms with Gasteiger partial charge in [0, 0.05) is 37.8 Å². The van der Waals surface area contributed by atoms with Crippen LogP contribution in [0.3, 0.4) is 0 Å². The van der Waals surface area contributed by atoms with E-state index in [1.165, 1.54) is 21.9 Å². The quantitative estimate of drug-likeness (QED) is 0.310. The lowest BCUT2D eigenvalue weighted by atomic mass is 10.1. The Bertz CT molecular complexity index is 1050. The molecule has 1 fully saturated rings. The van der Waals surface area contributed by atoms with Crippen LogP contribution >= 0.6 is 12.2 Å². The number of piperazine rings is 1. The van der Waals surface area contributed by atoms with Gasteiger partial charge in [0.1, 0.15) is 11.6 Å². The van der Waals surface area contributed by atoms with Crippen LogP contribution in [0, 0.1) is 11.6 Å². The number of hydrogen-bond donors (Lipinski definition) is 2. The van der Waals surface area contributed by atoms with Crippen LogP contribution in [-0.4, -0.2) is 48.3 Å². The second-order valence-corrected chi connectivity index (χ2v) is 7.32. The van der Waals surface area contributed by atoms with Crippen LogP contribution < -0.4 is 16.1 Å². The minimum absolute atomic E-state index is 0.0234. The molecule has 0 unspecified atom stereocenters. The molecule has 3 N–H and O–H groups in total. The van der Waals surface area contributed by atoms with Gasteiger partial charge in [-0.2, -0.15) is 18.3 Å². The maximum absolute atomic E-state index is 14.6. The van der Waals surface area contributed by atoms with Gasteiger partial charge in [-0.3, -0.25) is 10.2 Å². The number of nitrogens with two attached hydrogens (primary N) is 1. The average molecular weight is 471 g/mol. The van der Waals surface area contributed by atoms with E-state index in [2.05, 4.69) is 22.7 Å². The van der Waals surface area contributed by atoms with Gasteiger partial charge in [-0.1, -0.05) is 12.1 Å². The Morgan fingerprint density at radius 2 is 1.75 bits per heavy atom. The maximum atomic E-state index is 14.6. The fourth-order valence-electron chi connectivity index (χ4n) is 3.30. The van der Waals surface area contributed by atoms with E-state index in [1.54, 1.807) is 0 Å². The number of carbonyl (C=O) groups excluding carboxylic acids is 1. The van der Waals surface area contributed by atoms with Gasteiger partial charge in [-0.15, -0.1) is 0 Å². The predicted octanol–water partition coefficient (Wildman–Crippen LogP) is 3.11. The third-order valence-electron chi connectivity index (χ3n) is 4.81. The minimum atomic E-state index is -4.66. The summed E-state index contributed by atoms with van der Waals surface area (Å²) in [5.74, 6) is -2.22. The minimum Gasteiger partial charge on any atom is -0.375 e. The van der Waals surface area contributed by atoms with Crippen molar-refractivity contribution in [2.45, 2.75) is 6.18 Å². The first kappa shape index (κ1) is 23.4. The molecular weight excluding hydrogens is 453 g/mol. The molecule has 0 aliphatic carbocycles. The Morgan fingerprint density at radius 3 is 2.38 bits per heavy atom. The molecule has 3 rings (SSSR count). The van der Waals surface area contributed by atoms with E-state index < -0.39 is 34.8 Å². The fraction of sp³-hybridized carbons (Fsp3) is 0.250. The van der Waals surface area contributed by atoms with Crippen LogP contribution in [0.1, 0.15) is 21.5 Å². The molecule has 6 nitrogen and oxygen atoms in total. The van der Waals surface area contributed by atoms with Crippen molar-refractivity contribution in [3.05, 3.63) is 64.7 Å². The lowest BCUT2D eigenvalue weighted by molar-refractivity contribution is -0.138. The van der Waals surface area contributed by atoms with Crippen molar-refractivity contribution in [3.63, 3.8) is 0 Å². The fourth-order valence-corrected chi connectivity index (χ4v) is 3.35. The number of halogens is 5. The first-order valence-corrected chi connectivity index (χ1v) is 9.76. The summed E-state index contributed by atoms with van der Waals surface area (Å²) in [5, 5.41) is 3.45. The highest BCUT2D eigenvalue weighted by Gasteiger charge is 2.36. The number of hydrogen-bond acceptors (Lipinski definition) is 4. The number of benzene rings is 2. The zero-order valence-electron chi connectivity index (χ0n) is 16.5. The molecule has 0 atom stereocenters. The van der Waals surface area contributed by atoms with Crippen LogP contribution in [0.5, 0.6) is 0 Å². The van der Waals surface area contributed by atoms with E-state index in [0.29, 0.717) is 0 Å². The molecule has 2 aromatic rings. The Kier molecular flexibility index (Phi) is 6.92. The Labute approximate surface area is 185 Å². The molecule has 0 radical (unpaired) electrons. The number of alkyl halides is 3. The highest BCUT2D eigenvalue weighted by atomic mass is 32.1. The molecule has 0 aromatic heterocycles. The molecule has 0 bridgehead atoms. The number of nitrogens with one attached hydrogen (secondary N) is 1. The standard InChI is InChI=1S/C20H18F5N5OS/c21-15-10-17(16(22)9-12(15)11-27-28-19(26)32)29-5-7-30(8-6-29)18(31)13-3-1-2-4-14(13)20(23,24)25/h1-4,9-11H,5-8H2,(H3,26,28,32)/b27-11+. The van der Waals surface area contributed by atoms with Gasteiger partial charge in [0.2, 0.25) is 0 Å². The SMILES string of the molecule is NC(=S)N/N=C/c1cc(F)c(N2CCN(C(=O)c3ccccc3C(F)(F)F)CC2)cc1F. The normalized spacial score (nSPS) is 14.7. The number of anilines is 1. The van der Waals surface area contributed by atoms with Crippen molar-refractivity contribution < 1.29 is 26.7 Å². The van der Waals surface area contributed by atoms with Crippen LogP contribution in [0.2, 0.25) is 0 Å². The molecule has 1 heterocycles. The van der Waals surface area contributed by atoms with Gasteiger partial charge in [-0.25, -0.2) is 8.78 Å². The van der Waals surface area contributed by atoms with Crippen molar-refractivity contribution in [1.29, 1.82) is 0 Å². The summed E-state index contributed by atoms with van der Waals surface area (Å²) < 4.78 is 68.5. The van der Waals surface area contributed by atoms with Gasteiger partial charge in [0.25, 0.3) is 5.91 Å². The topological polar surface area (TPSA) is 74.0 Å². The van der Waals surface area contributed by atoms with E-state index in [9.17, 15) is 26.7 Å². The molecule has 0 spiro atoms. The molecule has 2 aromatic carbocycles. The zero-order valence-corrected chi connectivity index (χ0v) is 17.3. The summed E-state index contributed by atoms with van der Waals surface area (Å²) in [4.78, 5) is 15.4. The molecule has 32 heavy (non-hydrogen) atoms. The number of amides is 1. The van der Waals surface area contributed by atoms with Gasteiger partial charge in [-0.05, 0) is 30.4 Å². The van der Waals surface area contributed by atoms with E-state index in [4.69, 9.17) is 5.73 Å². The Morgan fingerprint density at radius 1 is 1.09 bits per heavy atom. The van der Waals surface area contributed by atoms with Gasteiger partial charge in [0.05, 0.1) is 23.0 Å². The predicted molar refractivity (Wildman–Crippen MR) is 113 cm³/mol. The molecule has 1 aliphatic rings. The molecular formula is C20H18F5N5OS. The molecule has 1 aliphatic heterocycles. The van der Waals surface area contributed by atoms with Crippen molar-refractivity contribution in [1.82, 2.24) is 10.3 Å².